The third-order valence-corrected chi connectivity index (χ3v) is 6.16. The Morgan fingerprint density at radius 1 is 1.08 bits per heavy atom. The van der Waals surface area contributed by atoms with Crippen molar-refractivity contribution in [3.05, 3.63) is 98.0 Å². The van der Waals surface area contributed by atoms with Crippen LogP contribution in [-0.4, -0.2) is 28.5 Å². The molecule has 0 aromatic heterocycles. The van der Waals surface area contributed by atoms with Crippen LogP contribution in [0, 0.1) is 10.1 Å². The molecular weight excluding hydrogens is 562 g/mol. The van der Waals surface area contributed by atoms with Gasteiger partial charge in [-0.25, -0.2) is 0 Å². The fourth-order valence-electron chi connectivity index (χ4n) is 3.58. The van der Waals surface area contributed by atoms with Gasteiger partial charge in [-0.2, -0.15) is 0 Å². The van der Waals surface area contributed by atoms with Crippen molar-refractivity contribution in [2.75, 3.05) is 11.5 Å². The Morgan fingerprint density at radius 2 is 1.78 bits per heavy atom. The van der Waals surface area contributed by atoms with E-state index in [1.165, 1.54) is 23.1 Å². The molecule has 3 aromatic rings. The monoisotopic (exact) mass is 581 g/mol. The summed E-state index contributed by atoms with van der Waals surface area (Å²) in [7, 11) is 0. The van der Waals surface area contributed by atoms with E-state index in [1.54, 1.807) is 48.5 Å². The molecule has 1 fully saturated rings. The van der Waals surface area contributed by atoms with E-state index >= 15 is 0 Å². The maximum absolute atomic E-state index is 13.2. The molecule has 188 valence electrons. The van der Waals surface area contributed by atoms with Crippen molar-refractivity contribution in [1.82, 2.24) is 5.32 Å². The van der Waals surface area contributed by atoms with Crippen LogP contribution in [0.3, 0.4) is 0 Å². The third kappa shape index (κ3) is 5.84. The number of nitrogens with zero attached hydrogens (tertiary/aromatic N) is 2. The lowest BCUT2D eigenvalue weighted by molar-refractivity contribution is -0.384. The average molecular weight is 582 g/mol. The molecule has 0 bridgehead atoms. The number of rotatable bonds is 8. The second-order valence-electron chi connectivity index (χ2n) is 7.77. The minimum atomic E-state index is -0.602. The lowest BCUT2D eigenvalue weighted by atomic mass is 10.1. The van der Waals surface area contributed by atoms with Gasteiger partial charge in [-0.1, -0.05) is 18.2 Å². The van der Waals surface area contributed by atoms with E-state index in [2.05, 4.69) is 21.2 Å². The summed E-state index contributed by atoms with van der Waals surface area (Å²) in [6.07, 6.45) is 1.46. The van der Waals surface area contributed by atoms with E-state index in [0.29, 0.717) is 33.8 Å². The van der Waals surface area contributed by atoms with E-state index in [-0.39, 0.29) is 23.0 Å². The van der Waals surface area contributed by atoms with Crippen LogP contribution in [0.1, 0.15) is 18.1 Å². The van der Waals surface area contributed by atoms with E-state index in [9.17, 15) is 19.7 Å². The maximum atomic E-state index is 13.2. The van der Waals surface area contributed by atoms with Crippen LogP contribution in [0.15, 0.2) is 76.8 Å². The lowest BCUT2D eigenvalue weighted by Crippen LogP contribution is -2.54. The zero-order chi connectivity index (χ0) is 26.5. The molecule has 3 aromatic carbocycles. The van der Waals surface area contributed by atoms with Gasteiger partial charge in [-0.3, -0.25) is 29.9 Å². The summed E-state index contributed by atoms with van der Waals surface area (Å²) in [5.74, 6) is -0.346. The number of ether oxygens (including phenoxy) is 2. The van der Waals surface area contributed by atoms with Crippen LogP contribution in [0.25, 0.3) is 6.08 Å². The van der Waals surface area contributed by atoms with E-state index in [1.807, 2.05) is 13.0 Å². The summed E-state index contributed by atoms with van der Waals surface area (Å²) < 4.78 is 12.2. The smallest absolute Gasteiger partial charge is 0.270 e. The van der Waals surface area contributed by atoms with Crippen molar-refractivity contribution in [2.45, 2.75) is 13.5 Å². The second-order valence-corrected chi connectivity index (χ2v) is 9.01. The number of thiocarbonyl (C=S) groups is 1. The van der Waals surface area contributed by atoms with Gasteiger partial charge in [-0.15, -0.1) is 0 Å². The Balaban J connectivity index is 1.62. The molecule has 1 aliphatic heterocycles. The van der Waals surface area contributed by atoms with E-state index in [0.717, 1.165) is 5.56 Å². The first-order valence-corrected chi connectivity index (χ1v) is 12.3. The number of hydrogen-bond donors (Lipinski definition) is 1. The topological polar surface area (TPSA) is 111 Å². The van der Waals surface area contributed by atoms with Crippen molar-refractivity contribution in [1.29, 1.82) is 0 Å². The summed E-state index contributed by atoms with van der Waals surface area (Å²) in [5, 5.41) is 13.4. The minimum absolute atomic E-state index is 0.00419. The predicted octanol–water partition coefficient (Wildman–Crippen LogP) is 5.17. The Kier molecular flexibility index (Phi) is 7.95. The number of carbonyl (C=O) groups excluding carboxylic acids is 2. The second kappa shape index (κ2) is 11.3. The molecule has 1 saturated heterocycles. The first kappa shape index (κ1) is 26.0. The number of amides is 2. The number of nitrogens with one attached hydrogen (secondary N) is 1. The van der Waals surface area contributed by atoms with Crippen LogP contribution >= 0.6 is 28.1 Å². The van der Waals surface area contributed by atoms with Crippen LogP contribution in [0.4, 0.5) is 11.4 Å². The number of benzene rings is 3. The maximum Gasteiger partial charge on any atom is 0.270 e. The average Bonchev–Trinajstić information content (AvgIpc) is 2.87. The number of nitro groups is 1. The molecule has 4 rings (SSSR count). The van der Waals surface area contributed by atoms with Crippen LogP contribution < -0.4 is 19.7 Å². The molecule has 2 amide bonds. The van der Waals surface area contributed by atoms with Crippen LogP contribution in [0.5, 0.6) is 11.5 Å². The number of anilines is 1. The summed E-state index contributed by atoms with van der Waals surface area (Å²) in [4.78, 5) is 37.6. The summed E-state index contributed by atoms with van der Waals surface area (Å²) in [6.45, 7) is 2.30. The molecule has 0 unspecified atom stereocenters. The third-order valence-electron chi connectivity index (χ3n) is 5.29. The highest BCUT2D eigenvalue weighted by Crippen LogP contribution is 2.38. The van der Waals surface area contributed by atoms with Gasteiger partial charge >= 0.3 is 0 Å². The van der Waals surface area contributed by atoms with Gasteiger partial charge in [0.1, 0.15) is 12.2 Å². The highest BCUT2D eigenvalue weighted by molar-refractivity contribution is 9.10. The highest BCUT2D eigenvalue weighted by atomic mass is 79.9. The molecular formula is C26H20BrN3O6S. The quantitative estimate of drug-likeness (QED) is 0.128. The van der Waals surface area contributed by atoms with Gasteiger partial charge in [0, 0.05) is 12.1 Å². The SMILES string of the molecule is CCOc1cc(/C=C2/C(=O)NC(=S)N(c3ccccc3)C2=O)cc(Br)c1OCc1ccc([N+](=O)[O-])cc1. The number of carbonyl (C=O) groups is 2. The lowest BCUT2D eigenvalue weighted by Gasteiger charge is -2.28. The van der Waals surface area contributed by atoms with Crippen LogP contribution in [-0.2, 0) is 16.2 Å². The summed E-state index contributed by atoms with van der Waals surface area (Å²) in [6, 6.07) is 18.2. The number of halogens is 1. The van der Waals surface area contributed by atoms with Crippen molar-refractivity contribution >= 4 is 62.5 Å². The number of nitro benzene ring substituents is 1. The molecule has 1 N–H and O–H groups in total. The molecule has 11 heteroatoms. The fraction of sp³-hybridized carbons (Fsp3) is 0.115. The molecule has 0 saturated carbocycles. The molecule has 1 heterocycles. The van der Waals surface area contributed by atoms with Crippen molar-refractivity contribution < 1.29 is 24.0 Å². The van der Waals surface area contributed by atoms with Crippen molar-refractivity contribution in [3.8, 4) is 11.5 Å². The molecule has 0 radical (unpaired) electrons. The molecule has 0 aliphatic carbocycles. The number of hydrogen-bond acceptors (Lipinski definition) is 7. The summed E-state index contributed by atoms with van der Waals surface area (Å²) in [5.41, 5.74) is 1.69. The largest absolute Gasteiger partial charge is 0.490 e. The highest BCUT2D eigenvalue weighted by Gasteiger charge is 2.34. The zero-order valence-electron chi connectivity index (χ0n) is 19.5. The van der Waals surface area contributed by atoms with Crippen molar-refractivity contribution in [2.24, 2.45) is 0 Å². The molecule has 9 nitrogen and oxygen atoms in total. The Labute approximate surface area is 226 Å². The van der Waals surface area contributed by atoms with Crippen LogP contribution in [0.2, 0.25) is 0 Å². The van der Waals surface area contributed by atoms with Crippen molar-refractivity contribution in [3.63, 3.8) is 0 Å². The summed E-state index contributed by atoms with van der Waals surface area (Å²) >= 11 is 8.72. The van der Waals surface area contributed by atoms with Gasteiger partial charge in [0.05, 0.1) is 21.7 Å². The van der Waals surface area contributed by atoms with Gasteiger partial charge in [0.2, 0.25) is 0 Å². The Morgan fingerprint density at radius 3 is 2.43 bits per heavy atom. The minimum Gasteiger partial charge on any atom is -0.490 e. The fourth-order valence-corrected chi connectivity index (χ4v) is 4.43. The predicted molar refractivity (Wildman–Crippen MR) is 145 cm³/mol. The normalized spacial score (nSPS) is 14.5. The standard InChI is InChI=1S/C26H20BrN3O6S/c1-2-35-22-14-17(13-21(27)23(22)36-15-16-8-10-19(11-9-16)30(33)34)12-20-24(31)28-26(37)29(25(20)32)18-6-4-3-5-7-18/h3-14H,2,15H2,1H3,(H,28,31,37)/b20-12-. The number of non-ortho nitro benzene ring substituents is 1. The van der Waals surface area contributed by atoms with Gasteiger partial charge < -0.3 is 9.47 Å². The van der Waals surface area contributed by atoms with E-state index in [4.69, 9.17) is 21.7 Å². The van der Waals surface area contributed by atoms with Gasteiger partial charge in [0.15, 0.2) is 16.6 Å². The first-order chi connectivity index (χ1) is 17.8. The Hall–Kier alpha value is -4.09. The molecule has 37 heavy (non-hydrogen) atoms. The van der Waals surface area contributed by atoms with Gasteiger partial charge in [-0.05, 0) is 88.7 Å². The molecule has 0 spiro atoms. The number of para-hydroxylation sites is 1. The first-order valence-electron chi connectivity index (χ1n) is 11.1. The van der Waals surface area contributed by atoms with Gasteiger partial charge in [0.25, 0.3) is 17.5 Å². The zero-order valence-corrected chi connectivity index (χ0v) is 21.9. The van der Waals surface area contributed by atoms with E-state index < -0.39 is 16.7 Å². The molecule has 0 atom stereocenters. The Bertz CT molecular complexity index is 1410. The molecule has 1 aliphatic rings.